The SMILES string of the molecule is CC1CCCN(C(=O)C2CC2C(=O)NCCc2ccc(Cl)cc2Cl)C1. The third-order valence-corrected chi connectivity index (χ3v) is 5.71. The summed E-state index contributed by atoms with van der Waals surface area (Å²) in [5.74, 6) is 0.420. The van der Waals surface area contributed by atoms with E-state index in [2.05, 4.69) is 12.2 Å². The molecule has 3 rings (SSSR count). The number of nitrogens with one attached hydrogen (secondary N) is 1. The second kappa shape index (κ2) is 7.96. The van der Waals surface area contributed by atoms with E-state index in [1.165, 1.54) is 6.42 Å². The van der Waals surface area contributed by atoms with Gasteiger partial charge in [0, 0.05) is 29.7 Å². The van der Waals surface area contributed by atoms with E-state index >= 15 is 0 Å². The summed E-state index contributed by atoms with van der Waals surface area (Å²) in [4.78, 5) is 26.7. The van der Waals surface area contributed by atoms with E-state index in [1.54, 1.807) is 12.1 Å². The number of carbonyl (C=O) groups excluding carboxylic acids is 2. The molecular weight excluding hydrogens is 359 g/mol. The standard InChI is InChI=1S/C19H24Cl2N2O2/c1-12-3-2-8-23(11-12)19(25)16-10-15(16)18(24)22-7-6-13-4-5-14(20)9-17(13)21/h4-5,9,12,15-16H,2-3,6-8,10-11H2,1H3,(H,22,24). The van der Waals surface area contributed by atoms with Crippen molar-refractivity contribution in [3.05, 3.63) is 33.8 Å². The molecule has 1 aliphatic heterocycles. The normalized spacial score (nSPS) is 25.6. The summed E-state index contributed by atoms with van der Waals surface area (Å²) < 4.78 is 0. The molecule has 2 amide bonds. The largest absolute Gasteiger partial charge is 0.356 e. The van der Waals surface area contributed by atoms with Crippen molar-refractivity contribution in [1.82, 2.24) is 10.2 Å². The molecule has 25 heavy (non-hydrogen) atoms. The number of carbonyl (C=O) groups is 2. The Hall–Kier alpha value is -1.26. The molecule has 0 aromatic heterocycles. The van der Waals surface area contributed by atoms with Gasteiger partial charge in [0.15, 0.2) is 0 Å². The van der Waals surface area contributed by atoms with Crippen molar-refractivity contribution >= 4 is 35.0 Å². The van der Waals surface area contributed by atoms with Crippen molar-refractivity contribution in [2.75, 3.05) is 19.6 Å². The topological polar surface area (TPSA) is 49.4 Å². The van der Waals surface area contributed by atoms with Crippen molar-refractivity contribution in [2.45, 2.75) is 32.6 Å². The van der Waals surface area contributed by atoms with Gasteiger partial charge >= 0.3 is 0 Å². The van der Waals surface area contributed by atoms with Gasteiger partial charge in [0.2, 0.25) is 11.8 Å². The molecule has 0 spiro atoms. The number of hydrogen-bond donors (Lipinski definition) is 1. The smallest absolute Gasteiger partial charge is 0.226 e. The average molecular weight is 383 g/mol. The Morgan fingerprint density at radius 2 is 2.08 bits per heavy atom. The van der Waals surface area contributed by atoms with Gasteiger partial charge in [-0.15, -0.1) is 0 Å². The summed E-state index contributed by atoms with van der Waals surface area (Å²) in [6.45, 7) is 4.36. The van der Waals surface area contributed by atoms with Gasteiger partial charge in [-0.2, -0.15) is 0 Å². The number of likely N-dealkylation sites (tertiary alicyclic amines) is 1. The van der Waals surface area contributed by atoms with Gasteiger partial charge in [-0.1, -0.05) is 36.2 Å². The van der Waals surface area contributed by atoms with E-state index in [0.29, 0.717) is 35.3 Å². The fraction of sp³-hybridized carbons (Fsp3) is 0.579. The van der Waals surface area contributed by atoms with Crippen LogP contribution in [0.5, 0.6) is 0 Å². The molecule has 0 bridgehead atoms. The van der Waals surface area contributed by atoms with Crippen molar-refractivity contribution in [3.63, 3.8) is 0 Å². The number of nitrogens with zero attached hydrogens (tertiary/aromatic N) is 1. The van der Waals surface area contributed by atoms with Crippen LogP contribution in [-0.2, 0) is 16.0 Å². The van der Waals surface area contributed by atoms with Crippen LogP contribution >= 0.6 is 23.2 Å². The summed E-state index contributed by atoms with van der Waals surface area (Å²) in [6.07, 6.45) is 3.58. The van der Waals surface area contributed by atoms with Crippen LogP contribution in [0.2, 0.25) is 10.0 Å². The molecule has 6 heteroatoms. The summed E-state index contributed by atoms with van der Waals surface area (Å²) in [7, 11) is 0. The predicted octanol–water partition coefficient (Wildman–Crippen LogP) is 3.55. The fourth-order valence-corrected chi connectivity index (χ4v) is 4.06. The third kappa shape index (κ3) is 4.68. The second-order valence-corrected chi connectivity index (χ2v) is 8.10. The van der Waals surface area contributed by atoms with Crippen LogP contribution in [0, 0.1) is 17.8 Å². The average Bonchev–Trinajstić information content (AvgIpc) is 3.37. The Kier molecular flexibility index (Phi) is 5.90. The fourth-order valence-electron chi connectivity index (χ4n) is 3.56. The van der Waals surface area contributed by atoms with E-state index in [4.69, 9.17) is 23.2 Å². The van der Waals surface area contributed by atoms with Gasteiger partial charge < -0.3 is 10.2 Å². The van der Waals surface area contributed by atoms with Crippen LogP contribution in [0.1, 0.15) is 31.7 Å². The van der Waals surface area contributed by atoms with Gasteiger partial charge in [0.1, 0.15) is 0 Å². The Morgan fingerprint density at radius 1 is 1.28 bits per heavy atom. The molecule has 1 saturated carbocycles. The van der Waals surface area contributed by atoms with Crippen LogP contribution in [0.25, 0.3) is 0 Å². The Labute approximate surface area is 158 Å². The van der Waals surface area contributed by atoms with Crippen LogP contribution in [-0.4, -0.2) is 36.3 Å². The van der Waals surface area contributed by atoms with E-state index < -0.39 is 0 Å². The quantitative estimate of drug-likeness (QED) is 0.846. The van der Waals surface area contributed by atoms with Gasteiger partial charge in [-0.3, -0.25) is 9.59 Å². The number of amides is 2. The molecule has 4 nitrogen and oxygen atoms in total. The highest BCUT2D eigenvalue weighted by atomic mass is 35.5. The first-order chi connectivity index (χ1) is 12.0. The summed E-state index contributed by atoms with van der Waals surface area (Å²) in [5.41, 5.74) is 0.956. The molecular formula is C19H24Cl2N2O2. The Balaban J connectivity index is 1.43. The highest BCUT2D eigenvalue weighted by Crippen LogP contribution is 2.40. The lowest BCUT2D eigenvalue weighted by atomic mass is 10.00. The molecule has 1 aromatic rings. The lowest BCUT2D eigenvalue weighted by Crippen LogP contribution is -2.41. The molecule has 1 N–H and O–H groups in total. The number of benzene rings is 1. The molecule has 2 fully saturated rings. The molecule has 1 saturated heterocycles. The van der Waals surface area contributed by atoms with E-state index in [9.17, 15) is 9.59 Å². The zero-order valence-electron chi connectivity index (χ0n) is 14.4. The minimum atomic E-state index is -0.162. The highest BCUT2D eigenvalue weighted by Gasteiger charge is 2.49. The zero-order chi connectivity index (χ0) is 18.0. The molecule has 1 heterocycles. The third-order valence-electron chi connectivity index (χ3n) is 5.12. The summed E-state index contributed by atoms with van der Waals surface area (Å²) >= 11 is 12.0. The van der Waals surface area contributed by atoms with Crippen LogP contribution in [0.15, 0.2) is 18.2 Å². The van der Waals surface area contributed by atoms with Crippen molar-refractivity contribution in [1.29, 1.82) is 0 Å². The lowest BCUT2D eigenvalue weighted by Gasteiger charge is -2.31. The van der Waals surface area contributed by atoms with E-state index in [0.717, 1.165) is 25.1 Å². The molecule has 136 valence electrons. The monoisotopic (exact) mass is 382 g/mol. The molecule has 3 atom stereocenters. The molecule has 1 aliphatic carbocycles. The van der Waals surface area contributed by atoms with E-state index in [-0.39, 0.29) is 23.7 Å². The molecule has 3 unspecified atom stereocenters. The molecule has 1 aromatic carbocycles. The van der Waals surface area contributed by atoms with Gasteiger partial charge in [0.25, 0.3) is 0 Å². The van der Waals surface area contributed by atoms with Crippen LogP contribution < -0.4 is 5.32 Å². The Morgan fingerprint density at radius 3 is 2.80 bits per heavy atom. The minimum Gasteiger partial charge on any atom is -0.356 e. The summed E-state index contributed by atoms with van der Waals surface area (Å²) in [6, 6.07) is 5.37. The molecule has 2 aliphatic rings. The van der Waals surface area contributed by atoms with Gasteiger partial charge in [-0.25, -0.2) is 0 Å². The minimum absolute atomic E-state index is 0.0199. The first-order valence-electron chi connectivity index (χ1n) is 8.96. The van der Waals surface area contributed by atoms with Crippen LogP contribution in [0.4, 0.5) is 0 Å². The lowest BCUT2D eigenvalue weighted by molar-refractivity contribution is -0.136. The number of piperidine rings is 1. The van der Waals surface area contributed by atoms with Crippen molar-refractivity contribution < 1.29 is 9.59 Å². The van der Waals surface area contributed by atoms with Crippen LogP contribution in [0.3, 0.4) is 0 Å². The first-order valence-corrected chi connectivity index (χ1v) is 9.71. The first kappa shape index (κ1) is 18.5. The number of hydrogen-bond acceptors (Lipinski definition) is 2. The van der Waals surface area contributed by atoms with E-state index in [1.807, 2.05) is 11.0 Å². The molecule has 0 radical (unpaired) electrons. The van der Waals surface area contributed by atoms with Crippen molar-refractivity contribution in [3.8, 4) is 0 Å². The summed E-state index contributed by atoms with van der Waals surface area (Å²) in [5, 5.41) is 4.14. The van der Waals surface area contributed by atoms with Gasteiger partial charge in [0.05, 0.1) is 11.8 Å². The predicted molar refractivity (Wildman–Crippen MR) is 99.8 cm³/mol. The zero-order valence-corrected chi connectivity index (χ0v) is 15.9. The van der Waals surface area contributed by atoms with Crippen molar-refractivity contribution in [2.24, 2.45) is 17.8 Å². The maximum atomic E-state index is 12.5. The van der Waals surface area contributed by atoms with Gasteiger partial charge in [-0.05, 0) is 49.3 Å². The second-order valence-electron chi connectivity index (χ2n) is 7.26. The highest BCUT2D eigenvalue weighted by molar-refractivity contribution is 6.35. The number of halogens is 2. The maximum Gasteiger partial charge on any atom is 0.226 e. The Bertz CT molecular complexity index is 665. The number of rotatable bonds is 5. The maximum absolute atomic E-state index is 12.5.